The second kappa shape index (κ2) is 17.8. The van der Waals surface area contributed by atoms with Crippen molar-refractivity contribution in [2.24, 2.45) is 0 Å². The van der Waals surface area contributed by atoms with E-state index in [0.717, 1.165) is 38.9 Å². The Morgan fingerprint density at radius 3 is 1.31 bits per heavy atom. The van der Waals surface area contributed by atoms with Gasteiger partial charge in [-0.3, -0.25) is 0 Å². The van der Waals surface area contributed by atoms with Gasteiger partial charge in [-0.25, -0.2) is 0 Å². The molecular formula is C10H24O3. The van der Waals surface area contributed by atoms with Crippen molar-refractivity contribution in [2.75, 3.05) is 26.4 Å². The predicted molar refractivity (Wildman–Crippen MR) is 54.8 cm³/mol. The highest BCUT2D eigenvalue weighted by Gasteiger charge is 1.84. The summed E-state index contributed by atoms with van der Waals surface area (Å²) >= 11 is 0. The van der Waals surface area contributed by atoms with Crippen LogP contribution in [0.2, 0.25) is 0 Å². The van der Waals surface area contributed by atoms with Crippen molar-refractivity contribution in [3.63, 3.8) is 0 Å². The van der Waals surface area contributed by atoms with E-state index in [2.05, 4.69) is 0 Å². The van der Waals surface area contributed by atoms with E-state index in [1.165, 1.54) is 0 Å². The number of hydrogen-bond donors (Lipinski definition) is 2. The van der Waals surface area contributed by atoms with Crippen molar-refractivity contribution in [1.82, 2.24) is 0 Å². The molecule has 0 radical (unpaired) electrons. The Kier molecular flexibility index (Phi) is 21.1. The number of ether oxygens (including phenoxy) is 1. The number of rotatable bonds is 7. The van der Waals surface area contributed by atoms with Crippen molar-refractivity contribution >= 4 is 0 Å². The SMILES string of the molecule is CCOCC.OCCCCCCO. The predicted octanol–water partition coefficient (Wildman–Crippen LogP) is 1.57. The maximum atomic E-state index is 8.30. The van der Waals surface area contributed by atoms with Crippen molar-refractivity contribution in [1.29, 1.82) is 0 Å². The third-order valence-corrected chi connectivity index (χ3v) is 1.47. The standard InChI is InChI=1S/C6H14O2.C4H10O/c7-5-3-1-2-4-6-8;1-3-5-4-2/h7-8H,1-6H2;3-4H2,1-2H3. The Morgan fingerprint density at radius 1 is 0.769 bits per heavy atom. The van der Waals surface area contributed by atoms with Gasteiger partial charge in [0.15, 0.2) is 0 Å². The molecule has 0 atom stereocenters. The monoisotopic (exact) mass is 192 g/mol. The molecule has 0 fully saturated rings. The molecule has 82 valence electrons. The molecule has 3 nitrogen and oxygen atoms in total. The van der Waals surface area contributed by atoms with Crippen LogP contribution in [0.5, 0.6) is 0 Å². The van der Waals surface area contributed by atoms with E-state index in [1.807, 2.05) is 13.8 Å². The second-order valence-corrected chi connectivity index (χ2v) is 2.64. The van der Waals surface area contributed by atoms with Crippen LogP contribution >= 0.6 is 0 Å². The molecule has 0 unspecified atom stereocenters. The minimum absolute atomic E-state index is 0.283. The van der Waals surface area contributed by atoms with Crippen LogP contribution in [0.25, 0.3) is 0 Å². The van der Waals surface area contributed by atoms with Gasteiger partial charge in [0.1, 0.15) is 0 Å². The lowest BCUT2D eigenvalue weighted by Crippen LogP contribution is -1.85. The van der Waals surface area contributed by atoms with E-state index in [9.17, 15) is 0 Å². The van der Waals surface area contributed by atoms with Gasteiger partial charge in [0, 0.05) is 26.4 Å². The van der Waals surface area contributed by atoms with Crippen molar-refractivity contribution < 1.29 is 14.9 Å². The fourth-order valence-corrected chi connectivity index (χ4v) is 0.781. The normalized spacial score (nSPS) is 9.23. The summed E-state index contributed by atoms with van der Waals surface area (Å²) in [5.74, 6) is 0. The minimum atomic E-state index is 0.283. The molecule has 13 heavy (non-hydrogen) atoms. The summed E-state index contributed by atoms with van der Waals surface area (Å²) in [7, 11) is 0. The molecular weight excluding hydrogens is 168 g/mol. The van der Waals surface area contributed by atoms with Crippen LogP contribution in [0.1, 0.15) is 39.5 Å². The fourth-order valence-electron chi connectivity index (χ4n) is 0.781. The van der Waals surface area contributed by atoms with E-state index in [0.29, 0.717) is 0 Å². The molecule has 0 aliphatic carbocycles. The van der Waals surface area contributed by atoms with Crippen LogP contribution < -0.4 is 0 Å². The maximum absolute atomic E-state index is 8.30. The van der Waals surface area contributed by atoms with Gasteiger partial charge >= 0.3 is 0 Å². The molecule has 0 aliphatic rings. The Bertz CT molecular complexity index is 59.2. The van der Waals surface area contributed by atoms with Crippen LogP contribution in [0.15, 0.2) is 0 Å². The van der Waals surface area contributed by atoms with Gasteiger partial charge in [-0.2, -0.15) is 0 Å². The van der Waals surface area contributed by atoms with Crippen LogP contribution in [-0.2, 0) is 4.74 Å². The molecule has 0 spiro atoms. The summed E-state index contributed by atoms with van der Waals surface area (Å²) in [4.78, 5) is 0. The average Bonchev–Trinajstić information content (AvgIpc) is 2.15. The first-order valence-electron chi connectivity index (χ1n) is 5.12. The Morgan fingerprint density at radius 2 is 1.15 bits per heavy atom. The third kappa shape index (κ3) is 24.5. The lowest BCUT2D eigenvalue weighted by Gasteiger charge is -1.93. The summed E-state index contributed by atoms with van der Waals surface area (Å²) in [6.07, 6.45) is 3.83. The van der Waals surface area contributed by atoms with Gasteiger partial charge in [0.25, 0.3) is 0 Å². The molecule has 0 heterocycles. The van der Waals surface area contributed by atoms with Crippen LogP contribution in [-0.4, -0.2) is 36.6 Å². The summed E-state index contributed by atoms with van der Waals surface area (Å²) in [5, 5.41) is 16.6. The first-order chi connectivity index (χ1) is 6.33. The van der Waals surface area contributed by atoms with Crippen LogP contribution in [0.4, 0.5) is 0 Å². The second-order valence-electron chi connectivity index (χ2n) is 2.64. The third-order valence-electron chi connectivity index (χ3n) is 1.47. The first-order valence-corrected chi connectivity index (χ1v) is 5.12. The quantitative estimate of drug-likeness (QED) is 0.602. The van der Waals surface area contributed by atoms with Gasteiger partial charge in [0.05, 0.1) is 0 Å². The number of unbranched alkanes of at least 4 members (excludes halogenated alkanes) is 3. The summed E-state index contributed by atoms with van der Waals surface area (Å²) in [5.41, 5.74) is 0. The van der Waals surface area contributed by atoms with Gasteiger partial charge < -0.3 is 14.9 Å². The molecule has 0 aliphatic heterocycles. The number of hydrogen-bond acceptors (Lipinski definition) is 3. The molecule has 0 saturated carbocycles. The van der Waals surface area contributed by atoms with E-state index >= 15 is 0 Å². The van der Waals surface area contributed by atoms with Crippen LogP contribution in [0.3, 0.4) is 0 Å². The minimum Gasteiger partial charge on any atom is -0.396 e. The highest BCUT2D eigenvalue weighted by Crippen LogP contribution is 1.96. The largest absolute Gasteiger partial charge is 0.396 e. The molecule has 0 rings (SSSR count). The van der Waals surface area contributed by atoms with Gasteiger partial charge in [-0.05, 0) is 26.7 Å². The van der Waals surface area contributed by atoms with E-state index in [1.54, 1.807) is 0 Å². The smallest absolute Gasteiger partial charge is 0.0437 e. The zero-order valence-corrected chi connectivity index (χ0v) is 8.96. The lowest BCUT2D eigenvalue weighted by atomic mass is 10.2. The molecule has 0 saturated heterocycles. The van der Waals surface area contributed by atoms with E-state index < -0.39 is 0 Å². The van der Waals surface area contributed by atoms with Gasteiger partial charge in [-0.15, -0.1) is 0 Å². The highest BCUT2D eigenvalue weighted by atomic mass is 16.5. The molecule has 0 bridgehead atoms. The van der Waals surface area contributed by atoms with E-state index in [4.69, 9.17) is 14.9 Å². The van der Waals surface area contributed by atoms with Crippen LogP contribution in [0, 0.1) is 0 Å². The zero-order valence-electron chi connectivity index (χ0n) is 8.96. The van der Waals surface area contributed by atoms with E-state index in [-0.39, 0.29) is 13.2 Å². The molecule has 0 aromatic rings. The lowest BCUT2D eigenvalue weighted by molar-refractivity contribution is 0.162. The number of aliphatic hydroxyl groups excluding tert-OH is 2. The zero-order chi connectivity index (χ0) is 10.4. The maximum Gasteiger partial charge on any atom is 0.0437 e. The van der Waals surface area contributed by atoms with Crippen molar-refractivity contribution in [3.05, 3.63) is 0 Å². The molecule has 2 N–H and O–H groups in total. The van der Waals surface area contributed by atoms with Gasteiger partial charge in [-0.1, -0.05) is 12.8 Å². The summed E-state index contributed by atoms with van der Waals surface area (Å²) < 4.78 is 4.83. The average molecular weight is 192 g/mol. The molecule has 0 aromatic carbocycles. The topological polar surface area (TPSA) is 49.7 Å². The van der Waals surface area contributed by atoms with Gasteiger partial charge in [0.2, 0.25) is 0 Å². The summed E-state index contributed by atoms with van der Waals surface area (Å²) in [6, 6.07) is 0. The highest BCUT2D eigenvalue weighted by molar-refractivity contribution is 4.39. The summed E-state index contributed by atoms with van der Waals surface area (Å²) in [6.45, 7) is 6.23. The first kappa shape index (κ1) is 15.4. The van der Waals surface area contributed by atoms with Crippen molar-refractivity contribution in [2.45, 2.75) is 39.5 Å². The Hall–Kier alpha value is -0.120. The molecule has 0 amide bonds. The van der Waals surface area contributed by atoms with Crippen molar-refractivity contribution in [3.8, 4) is 0 Å². The number of aliphatic hydroxyl groups is 2. The fraction of sp³-hybridized carbons (Fsp3) is 1.00. The molecule has 3 heteroatoms. The Balaban J connectivity index is 0. The Labute approximate surface area is 81.7 Å². The molecule has 0 aromatic heterocycles.